The number of hydrogen-bond donors (Lipinski definition) is 1. The van der Waals surface area contributed by atoms with Crippen LogP contribution < -0.4 is 5.73 Å². The van der Waals surface area contributed by atoms with Crippen molar-refractivity contribution >= 4 is 5.97 Å². The van der Waals surface area contributed by atoms with Crippen molar-refractivity contribution in [3.8, 4) is 0 Å². The van der Waals surface area contributed by atoms with E-state index in [0.29, 0.717) is 6.42 Å². The Labute approximate surface area is 116 Å². The van der Waals surface area contributed by atoms with Crippen molar-refractivity contribution in [2.45, 2.75) is 59.6 Å². The van der Waals surface area contributed by atoms with E-state index in [1.54, 1.807) is 0 Å². The smallest absolute Gasteiger partial charge is 0.323 e. The SMILES string of the molecule is Cc1cc(C)c(C[C@H](N)C(=O)OC(C)(C)C)c(C)c1. The molecular weight excluding hydrogens is 238 g/mol. The molecule has 1 aromatic carbocycles. The number of benzene rings is 1. The van der Waals surface area contributed by atoms with Gasteiger partial charge >= 0.3 is 5.97 Å². The van der Waals surface area contributed by atoms with Crippen LogP contribution in [0.25, 0.3) is 0 Å². The molecule has 0 aliphatic carbocycles. The van der Waals surface area contributed by atoms with Crippen LogP contribution in [0.1, 0.15) is 43.0 Å². The van der Waals surface area contributed by atoms with Crippen molar-refractivity contribution in [1.29, 1.82) is 0 Å². The quantitative estimate of drug-likeness (QED) is 0.853. The Bertz CT molecular complexity index is 449. The number of carbonyl (C=O) groups is 1. The van der Waals surface area contributed by atoms with E-state index in [2.05, 4.69) is 32.9 Å². The molecule has 0 saturated heterocycles. The third kappa shape index (κ3) is 4.67. The van der Waals surface area contributed by atoms with E-state index in [9.17, 15) is 4.79 Å². The van der Waals surface area contributed by atoms with Crippen LogP contribution >= 0.6 is 0 Å². The van der Waals surface area contributed by atoms with Crippen molar-refractivity contribution in [3.05, 3.63) is 34.4 Å². The van der Waals surface area contributed by atoms with Gasteiger partial charge in [-0.15, -0.1) is 0 Å². The second-order valence-electron chi connectivity index (χ2n) is 6.22. The Hall–Kier alpha value is -1.35. The molecule has 0 spiro atoms. The van der Waals surface area contributed by atoms with Gasteiger partial charge in [0.25, 0.3) is 0 Å². The molecule has 3 heteroatoms. The molecule has 106 valence electrons. The lowest BCUT2D eigenvalue weighted by molar-refractivity contribution is -0.156. The first-order valence-electron chi connectivity index (χ1n) is 6.65. The number of carbonyl (C=O) groups excluding carboxylic acids is 1. The predicted molar refractivity (Wildman–Crippen MR) is 78.2 cm³/mol. The number of esters is 1. The Morgan fingerprint density at radius 3 is 2.11 bits per heavy atom. The van der Waals surface area contributed by atoms with Gasteiger partial charge in [0.1, 0.15) is 11.6 Å². The zero-order chi connectivity index (χ0) is 14.8. The van der Waals surface area contributed by atoms with Crippen LogP contribution in [0.2, 0.25) is 0 Å². The highest BCUT2D eigenvalue weighted by Crippen LogP contribution is 2.18. The first-order valence-corrected chi connectivity index (χ1v) is 6.65. The maximum Gasteiger partial charge on any atom is 0.323 e. The topological polar surface area (TPSA) is 52.3 Å². The van der Waals surface area contributed by atoms with Crippen molar-refractivity contribution in [2.24, 2.45) is 5.73 Å². The Morgan fingerprint density at radius 1 is 1.21 bits per heavy atom. The lowest BCUT2D eigenvalue weighted by Crippen LogP contribution is -2.39. The molecule has 0 bridgehead atoms. The highest BCUT2D eigenvalue weighted by Gasteiger charge is 2.23. The van der Waals surface area contributed by atoms with Crippen molar-refractivity contribution in [2.75, 3.05) is 0 Å². The van der Waals surface area contributed by atoms with Gasteiger partial charge in [0, 0.05) is 0 Å². The summed E-state index contributed by atoms with van der Waals surface area (Å²) in [6, 6.07) is 3.62. The van der Waals surface area contributed by atoms with E-state index in [-0.39, 0.29) is 5.97 Å². The molecule has 19 heavy (non-hydrogen) atoms. The average molecular weight is 263 g/mol. The standard InChI is InChI=1S/C16H25NO2/c1-10-7-11(2)13(12(3)8-10)9-14(17)15(18)19-16(4,5)6/h7-8,14H,9,17H2,1-6H3/t14-/m0/s1. The third-order valence-corrected chi connectivity index (χ3v) is 2.97. The van der Waals surface area contributed by atoms with Gasteiger partial charge in [-0.1, -0.05) is 17.7 Å². The molecule has 0 heterocycles. The van der Waals surface area contributed by atoms with Gasteiger partial charge in [0.15, 0.2) is 0 Å². The fraction of sp³-hybridized carbons (Fsp3) is 0.562. The third-order valence-electron chi connectivity index (χ3n) is 2.97. The summed E-state index contributed by atoms with van der Waals surface area (Å²) in [5.41, 5.74) is 10.2. The van der Waals surface area contributed by atoms with E-state index < -0.39 is 11.6 Å². The average Bonchev–Trinajstić information content (AvgIpc) is 2.20. The summed E-state index contributed by atoms with van der Waals surface area (Å²) < 4.78 is 5.31. The van der Waals surface area contributed by atoms with Gasteiger partial charge < -0.3 is 10.5 Å². The summed E-state index contributed by atoms with van der Waals surface area (Å²) in [6.07, 6.45) is 0.521. The van der Waals surface area contributed by atoms with Crippen LogP contribution in [0.4, 0.5) is 0 Å². The van der Waals surface area contributed by atoms with Gasteiger partial charge in [-0.2, -0.15) is 0 Å². The van der Waals surface area contributed by atoms with Crippen molar-refractivity contribution < 1.29 is 9.53 Å². The van der Waals surface area contributed by atoms with Crippen LogP contribution in [-0.2, 0) is 16.0 Å². The molecule has 0 radical (unpaired) electrons. The largest absolute Gasteiger partial charge is 0.459 e. The van der Waals surface area contributed by atoms with Crippen LogP contribution in [0.15, 0.2) is 12.1 Å². The minimum Gasteiger partial charge on any atom is -0.459 e. The number of nitrogens with two attached hydrogens (primary N) is 1. The second kappa shape index (κ2) is 5.74. The molecule has 1 aromatic rings. The van der Waals surface area contributed by atoms with Crippen LogP contribution in [0.3, 0.4) is 0 Å². The molecule has 0 saturated carbocycles. The first kappa shape index (κ1) is 15.7. The fourth-order valence-corrected chi connectivity index (χ4v) is 2.21. The number of hydrogen-bond acceptors (Lipinski definition) is 3. The van der Waals surface area contributed by atoms with E-state index in [1.165, 1.54) is 16.7 Å². The van der Waals surface area contributed by atoms with E-state index in [1.807, 2.05) is 20.8 Å². The minimum absolute atomic E-state index is 0.341. The minimum atomic E-state index is -0.612. The van der Waals surface area contributed by atoms with Gasteiger partial charge in [-0.25, -0.2) is 0 Å². The van der Waals surface area contributed by atoms with Crippen LogP contribution in [0.5, 0.6) is 0 Å². The van der Waals surface area contributed by atoms with Gasteiger partial charge in [-0.3, -0.25) is 4.79 Å². The summed E-state index contributed by atoms with van der Waals surface area (Å²) in [6.45, 7) is 11.7. The summed E-state index contributed by atoms with van der Waals surface area (Å²) in [7, 11) is 0. The summed E-state index contributed by atoms with van der Waals surface area (Å²) in [5.74, 6) is -0.341. The lowest BCUT2D eigenvalue weighted by Gasteiger charge is -2.23. The van der Waals surface area contributed by atoms with Crippen molar-refractivity contribution in [3.63, 3.8) is 0 Å². The summed E-state index contributed by atoms with van der Waals surface area (Å²) in [5, 5.41) is 0. The first-order chi connectivity index (χ1) is 8.60. The molecule has 3 nitrogen and oxygen atoms in total. The molecule has 0 unspecified atom stereocenters. The Balaban J connectivity index is 2.83. The van der Waals surface area contributed by atoms with E-state index in [4.69, 9.17) is 10.5 Å². The zero-order valence-corrected chi connectivity index (χ0v) is 12.8. The van der Waals surface area contributed by atoms with Crippen LogP contribution in [0, 0.1) is 20.8 Å². The number of aryl methyl sites for hydroxylation is 3. The predicted octanol–water partition coefficient (Wildman–Crippen LogP) is 2.82. The number of rotatable bonds is 3. The molecule has 0 amide bonds. The monoisotopic (exact) mass is 263 g/mol. The molecule has 0 fully saturated rings. The van der Waals surface area contributed by atoms with Crippen LogP contribution in [-0.4, -0.2) is 17.6 Å². The second-order valence-corrected chi connectivity index (χ2v) is 6.22. The highest BCUT2D eigenvalue weighted by molar-refractivity contribution is 5.76. The van der Waals surface area contributed by atoms with Crippen molar-refractivity contribution in [1.82, 2.24) is 0 Å². The zero-order valence-electron chi connectivity index (χ0n) is 12.8. The molecule has 0 aliphatic rings. The van der Waals surface area contributed by atoms with Gasteiger partial charge in [-0.05, 0) is 64.7 Å². The maximum atomic E-state index is 11.9. The summed E-state index contributed by atoms with van der Waals surface area (Å²) >= 11 is 0. The molecule has 1 rings (SSSR count). The lowest BCUT2D eigenvalue weighted by atomic mass is 9.94. The Kier molecular flexibility index (Phi) is 4.75. The normalized spacial score (nSPS) is 13.2. The van der Waals surface area contributed by atoms with Gasteiger partial charge in [0.05, 0.1) is 0 Å². The van der Waals surface area contributed by atoms with E-state index in [0.717, 1.165) is 5.56 Å². The van der Waals surface area contributed by atoms with E-state index >= 15 is 0 Å². The number of ether oxygens (including phenoxy) is 1. The molecule has 0 aliphatic heterocycles. The molecular formula is C16H25NO2. The molecule has 1 atom stereocenters. The van der Waals surface area contributed by atoms with Gasteiger partial charge in [0.2, 0.25) is 0 Å². The fourth-order valence-electron chi connectivity index (χ4n) is 2.21. The molecule has 2 N–H and O–H groups in total. The summed E-state index contributed by atoms with van der Waals surface area (Å²) in [4.78, 5) is 11.9. The highest BCUT2D eigenvalue weighted by atomic mass is 16.6. The molecule has 0 aromatic heterocycles. The Morgan fingerprint density at radius 2 is 1.68 bits per heavy atom. The maximum absolute atomic E-state index is 11.9.